The van der Waals surface area contributed by atoms with Gasteiger partial charge in [-0.15, -0.1) is 0 Å². The molecule has 1 unspecified atom stereocenters. The Bertz CT molecular complexity index is 192. The van der Waals surface area contributed by atoms with E-state index in [0.29, 0.717) is 0 Å². The number of nitrogens with one attached hydrogen (secondary N) is 1. The van der Waals surface area contributed by atoms with Crippen LogP contribution in [0.3, 0.4) is 0 Å². The molecule has 0 aromatic carbocycles. The molecule has 0 spiro atoms. The van der Waals surface area contributed by atoms with Crippen LogP contribution in [0.5, 0.6) is 0 Å². The number of halogens is 1. The van der Waals surface area contributed by atoms with E-state index in [9.17, 15) is 4.79 Å². The average Bonchev–Trinajstić information content (AvgIpc) is 1.82. The third-order valence-electron chi connectivity index (χ3n) is 1.23. The second-order valence-corrected chi connectivity index (χ2v) is 2.37. The lowest BCUT2D eigenvalue weighted by molar-refractivity contribution is -0.136. The second-order valence-electron chi connectivity index (χ2n) is 1.96. The molecule has 4 nitrogen and oxygen atoms in total. The maximum Gasteiger partial charge on any atom is 0.252 e. The first-order valence-electron chi connectivity index (χ1n) is 2.70. The first kappa shape index (κ1) is 7.37. The van der Waals surface area contributed by atoms with Crippen molar-refractivity contribution < 1.29 is 9.90 Å². The number of rotatable bonds is 0. The molecule has 1 aliphatic heterocycles. The molecular weight excluding hydrogens is 156 g/mol. The fraction of sp³-hybridized carbons (Fsp3) is 0.400. The van der Waals surface area contributed by atoms with Crippen LogP contribution in [0.25, 0.3) is 0 Å². The number of hydrogen-bond donors (Lipinski definition) is 2. The summed E-state index contributed by atoms with van der Waals surface area (Å²) in [5, 5.41) is 11.6. The van der Waals surface area contributed by atoms with Crippen LogP contribution >= 0.6 is 11.6 Å². The topological polar surface area (TPSA) is 52.6 Å². The number of aliphatic hydroxyl groups excluding tert-OH is 1. The van der Waals surface area contributed by atoms with Crippen molar-refractivity contribution in [3.05, 3.63) is 11.2 Å². The second kappa shape index (κ2) is 2.48. The van der Waals surface area contributed by atoms with Crippen molar-refractivity contribution >= 4 is 17.5 Å². The molecule has 0 bridgehead atoms. The highest BCUT2D eigenvalue weighted by Gasteiger charge is 2.20. The number of carbonyl (C=O) groups is 1. The molecule has 1 heterocycles. The number of amides is 1. The predicted molar refractivity (Wildman–Crippen MR) is 35.8 cm³/mol. The molecule has 1 atom stereocenters. The number of carbonyl (C=O) groups excluding carboxylic acids is 1. The Kier molecular flexibility index (Phi) is 1.82. The number of hydrogen-bond acceptors (Lipinski definition) is 3. The smallest absolute Gasteiger partial charge is 0.252 e. The van der Waals surface area contributed by atoms with E-state index >= 15 is 0 Å². The van der Waals surface area contributed by atoms with E-state index in [1.165, 1.54) is 13.1 Å². The molecule has 0 saturated carbocycles. The van der Waals surface area contributed by atoms with Crippen LogP contribution in [-0.2, 0) is 4.79 Å². The highest BCUT2D eigenvalue weighted by molar-refractivity contribution is 6.30. The molecule has 0 aliphatic carbocycles. The van der Waals surface area contributed by atoms with E-state index in [2.05, 4.69) is 5.32 Å². The maximum absolute atomic E-state index is 10.8. The van der Waals surface area contributed by atoms with Crippen molar-refractivity contribution in [2.75, 3.05) is 7.05 Å². The molecule has 5 heteroatoms. The fourth-order valence-electron chi connectivity index (χ4n) is 0.593. The molecule has 0 fully saturated rings. The Morgan fingerprint density at radius 3 is 3.00 bits per heavy atom. The Morgan fingerprint density at radius 1 is 1.90 bits per heavy atom. The molecule has 0 aromatic rings. The normalized spacial score (nSPS) is 25.9. The quantitative estimate of drug-likeness (QED) is 0.468. The molecular formula is C5H7ClN2O2. The largest absolute Gasteiger partial charge is 0.356 e. The molecule has 2 N–H and O–H groups in total. The van der Waals surface area contributed by atoms with Crippen molar-refractivity contribution in [2.24, 2.45) is 0 Å². The summed E-state index contributed by atoms with van der Waals surface area (Å²) >= 11 is 5.41. The number of aliphatic hydroxyl groups is 1. The molecule has 1 aliphatic rings. The van der Waals surface area contributed by atoms with Crippen molar-refractivity contribution in [3.8, 4) is 0 Å². The lowest BCUT2D eigenvalue weighted by Gasteiger charge is -2.27. The highest BCUT2D eigenvalue weighted by Crippen LogP contribution is 2.06. The van der Waals surface area contributed by atoms with Crippen LogP contribution in [0, 0.1) is 0 Å². The molecule has 0 radical (unpaired) electrons. The highest BCUT2D eigenvalue weighted by atomic mass is 35.5. The average molecular weight is 163 g/mol. The van der Waals surface area contributed by atoms with Crippen molar-refractivity contribution in [3.63, 3.8) is 0 Å². The summed E-state index contributed by atoms with van der Waals surface area (Å²) in [7, 11) is 1.47. The molecule has 1 amide bonds. The van der Waals surface area contributed by atoms with Gasteiger partial charge in [0.05, 0.1) is 0 Å². The Hall–Kier alpha value is -0.740. The SMILES string of the molecule is CN1C(=O)C=C(Cl)NC1O. The van der Waals surface area contributed by atoms with Gasteiger partial charge in [0.25, 0.3) is 5.91 Å². The van der Waals surface area contributed by atoms with Gasteiger partial charge in [0.2, 0.25) is 6.35 Å². The predicted octanol–water partition coefficient (Wildman–Crippen LogP) is -0.596. The first-order chi connectivity index (χ1) is 4.61. The molecule has 56 valence electrons. The third kappa shape index (κ3) is 1.22. The minimum Gasteiger partial charge on any atom is -0.356 e. The summed E-state index contributed by atoms with van der Waals surface area (Å²) < 4.78 is 0. The minimum atomic E-state index is -1.01. The number of nitrogens with zero attached hydrogens (tertiary/aromatic N) is 1. The van der Waals surface area contributed by atoms with Crippen LogP contribution in [0.15, 0.2) is 11.2 Å². The summed E-state index contributed by atoms with van der Waals surface area (Å²) in [5.41, 5.74) is 0. The number of likely N-dealkylation sites (N-methyl/N-ethyl adjacent to an activating group) is 1. The van der Waals surface area contributed by atoms with Crippen molar-refractivity contribution in [2.45, 2.75) is 6.35 Å². The first-order valence-corrected chi connectivity index (χ1v) is 3.07. The van der Waals surface area contributed by atoms with Gasteiger partial charge in [-0.1, -0.05) is 11.6 Å². The summed E-state index contributed by atoms with van der Waals surface area (Å²) in [6.07, 6.45) is 0.193. The zero-order valence-electron chi connectivity index (χ0n) is 5.34. The molecule has 0 aromatic heterocycles. The van der Waals surface area contributed by atoms with E-state index in [-0.39, 0.29) is 11.1 Å². The van der Waals surface area contributed by atoms with Gasteiger partial charge in [0, 0.05) is 13.1 Å². The van der Waals surface area contributed by atoms with Gasteiger partial charge in [-0.3, -0.25) is 9.69 Å². The van der Waals surface area contributed by atoms with Gasteiger partial charge >= 0.3 is 0 Å². The Balaban J connectivity index is 2.79. The fourth-order valence-corrected chi connectivity index (χ4v) is 0.783. The molecule has 1 rings (SSSR count). The van der Waals surface area contributed by atoms with E-state index in [4.69, 9.17) is 16.7 Å². The Labute approximate surface area is 63.1 Å². The third-order valence-corrected chi connectivity index (χ3v) is 1.45. The van der Waals surface area contributed by atoms with Gasteiger partial charge in [-0.2, -0.15) is 0 Å². The zero-order valence-corrected chi connectivity index (χ0v) is 6.09. The van der Waals surface area contributed by atoms with Crippen molar-refractivity contribution in [1.29, 1.82) is 0 Å². The molecule has 10 heavy (non-hydrogen) atoms. The zero-order chi connectivity index (χ0) is 7.72. The monoisotopic (exact) mass is 162 g/mol. The Morgan fingerprint density at radius 2 is 2.50 bits per heavy atom. The van der Waals surface area contributed by atoms with E-state index in [1.807, 2.05) is 0 Å². The van der Waals surface area contributed by atoms with Crippen LogP contribution in [0.2, 0.25) is 0 Å². The van der Waals surface area contributed by atoms with Crippen molar-refractivity contribution in [1.82, 2.24) is 10.2 Å². The lowest BCUT2D eigenvalue weighted by Crippen LogP contribution is -2.48. The summed E-state index contributed by atoms with van der Waals surface area (Å²) in [5.74, 6) is -0.309. The summed E-state index contributed by atoms with van der Waals surface area (Å²) in [6.45, 7) is 0. The minimum absolute atomic E-state index is 0.163. The lowest BCUT2D eigenvalue weighted by atomic mass is 10.4. The van der Waals surface area contributed by atoms with Crippen LogP contribution in [0.4, 0.5) is 0 Å². The van der Waals surface area contributed by atoms with Gasteiger partial charge in [-0.25, -0.2) is 0 Å². The van der Waals surface area contributed by atoms with E-state index < -0.39 is 6.35 Å². The molecule has 0 saturated heterocycles. The maximum atomic E-state index is 10.8. The van der Waals surface area contributed by atoms with Gasteiger partial charge < -0.3 is 10.4 Å². The van der Waals surface area contributed by atoms with Crippen LogP contribution in [0.1, 0.15) is 0 Å². The van der Waals surface area contributed by atoms with Gasteiger partial charge in [0.1, 0.15) is 5.16 Å². The summed E-state index contributed by atoms with van der Waals surface area (Å²) in [4.78, 5) is 11.9. The van der Waals surface area contributed by atoms with Crippen LogP contribution in [-0.4, -0.2) is 29.3 Å². The van der Waals surface area contributed by atoms with E-state index in [1.54, 1.807) is 0 Å². The summed E-state index contributed by atoms with van der Waals surface area (Å²) in [6, 6.07) is 0. The standard InChI is InChI=1S/C5H7ClN2O2/c1-8-4(9)2-3(6)7-5(8)10/h2,5,7,10H,1H3. The van der Waals surface area contributed by atoms with E-state index in [0.717, 1.165) is 4.90 Å². The van der Waals surface area contributed by atoms with Gasteiger partial charge in [0.15, 0.2) is 0 Å². The van der Waals surface area contributed by atoms with Gasteiger partial charge in [-0.05, 0) is 0 Å². The van der Waals surface area contributed by atoms with Crippen LogP contribution < -0.4 is 5.32 Å².